The minimum absolute atomic E-state index is 0.192. The number of para-hydroxylation sites is 1. The maximum absolute atomic E-state index is 13.0. The van der Waals surface area contributed by atoms with E-state index in [1.807, 2.05) is 6.20 Å². The van der Waals surface area contributed by atoms with Gasteiger partial charge in [-0.05, 0) is 49.2 Å². The number of hydrogen-bond acceptors (Lipinski definition) is 4. The van der Waals surface area contributed by atoms with Crippen LogP contribution in [0.3, 0.4) is 0 Å². The number of hydrogen-bond donors (Lipinski definition) is 2. The highest BCUT2D eigenvalue weighted by atomic mass is 32.2. The Hall–Kier alpha value is -3.13. The minimum Gasteiger partial charge on any atom is -0.325 e. The average Bonchev–Trinajstić information content (AvgIpc) is 3.46. The van der Waals surface area contributed by atoms with Gasteiger partial charge in [-0.1, -0.05) is 23.9 Å². The maximum atomic E-state index is 13.0. The first kappa shape index (κ1) is 19.2. The van der Waals surface area contributed by atoms with E-state index in [0.717, 1.165) is 18.0 Å². The topological polar surface area (TPSA) is 76.0 Å². The lowest BCUT2D eigenvalue weighted by Crippen LogP contribution is -2.19. The predicted molar refractivity (Wildman–Crippen MR) is 111 cm³/mol. The summed E-state index contributed by atoms with van der Waals surface area (Å²) in [6, 6.07) is 12.8. The van der Waals surface area contributed by atoms with Crippen molar-refractivity contribution in [1.82, 2.24) is 9.55 Å². The molecule has 0 saturated heterocycles. The molecule has 4 rings (SSSR count). The molecular weight excluding hydrogens is 391 g/mol. The molecule has 0 spiro atoms. The quantitative estimate of drug-likeness (QED) is 0.568. The molecule has 0 bridgehead atoms. The lowest BCUT2D eigenvalue weighted by molar-refractivity contribution is -0.113. The van der Waals surface area contributed by atoms with Gasteiger partial charge < -0.3 is 15.2 Å². The molecule has 148 valence electrons. The van der Waals surface area contributed by atoms with Gasteiger partial charge in [0.2, 0.25) is 5.91 Å². The molecule has 1 fully saturated rings. The SMILES string of the molecule is O=C(CSc1nccn1C1CC1)Nc1ccccc1C(=O)Nc1ccc(F)cc1. The van der Waals surface area contributed by atoms with E-state index in [1.165, 1.54) is 36.0 Å². The van der Waals surface area contributed by atoms with Crippen molar-refractivity contribution < 1.29 is 14.0 Å². The number of amides is 2. The second kappa shape index (κ2) is 8.48. The molecule has 8 heteroatoms. The van der Waals surface area contributed by atoms with E-state index in [4.69, 9.17) is 0 Å². The Labute approximate surface area is 171 Å². The molecule has 2 N–H and O–H groups in total. The molecule has 1 aliphatic rings. The van der Waals surface area contributed by atoms with E-state index in [0.29, 0.717) is 23.0 Å². The number of nitrogens with one attached hydrogen (secondary N) is 2. The number of carbonyl (C=O) groups is 2. The van der Waals surface area contributed by atoms with Crippen molar-refractivity contribution in [2.45, 2.75) is 24.0 Å². The Kier molecular flexibility index (Phi) is 5.62. The Bertz CT molecular complexity index is 1030. The van der Waals surface area contributed by atoms with Gasteiger partial charge in [0.25, 0.3) is 5.91 Å². The summed E-state index contributed by atoms with van der Waals surface area (Å²) in [7, 11) is 0. The third-order valence-corrected chi connectivity index (χ3v) is 5.43. The molecule has 0 aliphatic heterocycles. The van der Waals surface area contributed by atoms with Crippen LogP contribution < -0.4 is 10.6 Å². The van der Waals surface area contributed by atoms with E-state index in [-0.39, 0.29) is 23.4 Å². The number of carbonyl (C=O) groups excluding carboxylic acids is 2. The van der Waals surface area contributed by atoms with Crippen molar-refractivity contribution in [1.29, 1.82) is 0 Å². The molecule has 1 saturated carbocycles. The molecule has 29 heavy (non-hydrogen) atoms. The number of anilines is 2. The summed E-state index contributed by atoms with van der Waals surface area (Å²) in [5.74, 6) is -0.792. The fourth-order valence-corrected chi connectivity index (χ4v) is 3.71. The number of benzene rings is 2. The van der Waals surface area contributed by atoms with E-state index < -0.39 is 0 Å². The van der Waals surface area contributed by atoms with Gasteiger partial charge in [0, 0.05) is 24.1 Å². The first-order valence-electron chi connectivity index (χ1n) is 9.21. The van der Waals surface area contributed by atoms with Crippen molar-refractivity contribution >= 4 is 35.0 Å². The Morgan fingerprint density at radius 2 is 1.86 bits per heavy atom. The van der Waals surface area contributed by atoms with Gasteiger partial charge in [-0.2, -0.15) is 0 Å². The molecule has 0 unspecified atom stereocenters. The minimum atomic E-state index is -0.385. The third kappa shape index (κ3) is 4.83. The second-order valence-corrected chi connectivity index (χ2v) is 7.63. The molecule has 1 heterocycles. The number of halogens is 1. The molecule has 1 aliphatic carbocycles. The molecule has 6 nitrogen and oxygen atoms in total. The fraction of sp³-hybridized carbons (Fsp3) is 0.190. The average molecular weight is 410 g/mol. The van der Waals surface area contributed by atoms with Gasteiger partial charge >= 0.3 is 0 Å². The summed E-state index contributed by atoms with van der Waals surface area (Å²) in [5.41, 5.74) is 1.22. The van der Waals surface area contributed by atoms with E-state index in [1.54, 1.807) is 30.5 Å². The van der Waals surface area contributed by atoms with Crippen LogP contribution in [-0.4, -0.2) is 27.1 Å². The van der Waals surface area contributed by atoms with Crippen molar-refractivity contribution in [3.05, 3.63) is 72.3 Å². The van der Waals surface area contributed by atoms with Crippen molar-refractivity contribution in [3.63, 3.8) is 0 Å². The van der Waals surface area contributed by atoms with Crippen LogP contribution in [0.25, 0.3) is 0 Å². The van der Waals surface area contributed by atoms with Crippen LogP contribution in [0.4, 0.5) is 15.8 Å². The highest BCUT2D eigenvalue weighted by Crippen LogP contribution is 2.37. The van der Waals surface area contributed by atoms with Gasteiger partial charge in [0.1, 0.15) is 5.82 Å². The summed E-state index contributed by atoms with van der Waals surface area (Å²) in [5, 5.41) is 6.32. The smallest absolute Gasteiger partial charge is 0.257 e. The highest BCUT2D eigenvalue weighted by Gasteiger charge is 2.25. The van der Waals surface area contributed by atoms with Crippen LogP contribution >= 0.6 is 11.8 Å². The van der Waals surface area contributed by atoms with Crippen LogP contribution in [-0.2, 0) is 4.79 Å². The van der Waals surface area contributed by atoms with Crippen LogP contribution in [0.15, 0.2) is 66.1 Å². The summed E-state index contributed by atoms with van der Waals surface area (Å²) < 4.78 is 15.1. The van der Waals surface area contributed by atoms with Crippen LogP contribution in [0.2, 0.25) is 0 Å². The summed E-state index contributed by atoms with van der Waals surface area (Å²) in [6.45, 7) is 0. The highest BCUT2D eigenvalue weighted by molar-refractivity contribution is 7.99. The Morgan fingerprint density at radius 1 is 1.10 bits per heavy atom. The van der Waals surface area contributed by atoms with E-state index in [2.05, 4.69) is 20.2 Å². The molecule has 2 amide bonds. The van der Waals surface area contributed by atoms with Crippen molar-refractivity contribution in [3.8, 4) is 0 Å². The normalized spacial score (nSPS) is 13.1. The second-order valence-electron chi connectivity index (χ2n) is 6.69. The third-order valence-electron chi connectivity index (χ3n) is 4.45. The summed E-state index contributed by atoms with van der Waals surface area (Å²) in [4.78, 5) is 29.3. The Balaban J connectivity index is 1.39. The summed E-state index contributed by atoms with van der Waals surface area (Å²) in [6.07, 6.45) is 5.97. The largest absolute Gasteiger partial charge is 0.325 e. The monoisotopic (exact) mass is 410 g/mol. The molecular formula is C21H19FN4O2S. The number of rotatable bonds is 7. The Morgan fingerprint density at radius 3 is 2.62 bits per heavy atom. The van der Waals surface area contributed by atoms with Crippen molar-refractivity contribution in [2.75, 3.05) is 16.4 Å². The molecule has 2 aromatic carbocycles. The number of imidazole rings is 1. The van der Waals surface area contributed by atoms with Gasteiger partial charge in [-0.25, -0.2) is 9.37 Å². The maximum Gasteiger partial charge on any atom is 0.257 e. The zero-order valence-corrected chi connectivity index (χ0v) is 16.3. The lowest BCUT2D eigenvalue weighted by Gasteiger charge is -2.12. The molecule has 0 radical (unpaired) electrons. The standard InChI is InChI=1S/C21H19FN4O2S/c22-14-5-7-15(8-6-14)24-20(28)17-3-1-2-4-18(17)25-19(27)13-29-21-23-11-12-26(21)16-9-10-16/h1-8,11-12,16H,9-10,13H2,(H,24,28)(H,25,27). The first-order chi connectivity index (χ1) is 14.1. The van der Waals surface area contributed by atoms with Gasteiger partial charge in [0.15, 0.2) is 5.16 Å². The van der Waals surface area contributed by atoms with Crippen molar-refractivity contribution in [2.24, 2.45) is 0 Å². The van der Waals surface area contributed by atoms with E-state index >= 15 is 0 Å². The molecule has 1 aromatic heterocycles. The van der Waals surface area contributed by atoms with Crippen LogP contribution in [0.5, 0.6) is 0 Å². The summed E-state index contributed by atoms with van der Waals surface area (Å²) >= 11 is 1.37. The zero-order chi connectivity index (χ0) is 20.2. The van der Waals surface area contributed by atoms with Crippen LogP contribution in [0.1, 0.15) is 29.2 Å². The number of nitrogens with zero attached hydrogens (tertiary/aromatic N) is 2. The van der Waals surface area contributed by atoms with E-state index in [9.17, 15) is 14.0 Å². The first-order valence-corrected chi connectivity index (χ1v) is 10.2. The van der Waals surface area contributed by atoms with Gasteiger partial charge in [-0.3, -0.25) is 9.59 Å². The lowest BCUT2D eigenvalue weighted by atomic mass is 10.1. The number of thioether (sulfide) groups is 1. The zero-order valence-electron chi connectivity index (χ0n) is 15.5. The van der Waals surface area contributed by atoms with Crippen LogP contribution in [0, 0.1) is 5.82 Å². The predicted octanol–water partition coefficient (Wildman–Crippen LogP) is 4.34. The fourth-order valence-electron chi connectivity index (χ4n) is 2.88. The molecule has 0 atom stereocenters. The van der Waals surface area contributed by atoms with Gasteiger partial charge in [-0.15, -0.1) is 0 Å². The molecule has 3 aromatic rings. The van der Waals surface area contributed by atoms with Gasteiger partial charge in [0.05, 0.1) is 17.0 Å². The number of aromatic nitrogens is 2.